The summed E-state index contributed by atoms with van der Waals surface area (Å²) in [6.07, 6.45) is 0.761. The molecule has 0 aromatic carbocycles. The zero-order chi connectivity index (χ0) is 18.5. The number of amides is 4. The van der Waals surface area contributed by atoms with Crippen molar-refractivity contribution in [1.29, 1.82) is 0 Å². The number of thiazole rings is 1. The minimum Gasteiger partial charge on any atom is -0.327 e. The minimum absolute atomic E-state index is 0.247. The molecule has 1 saturated heterocycles. The molecule has 0 bridgehead atoms. The second kappa shape index (κ2) is 6.17. The lowest BCUT2D eigenvalue weighted by molar-refractivity contribution is -0.139. The van der Waals surface area contributed by atoms with E-state index in [1.165, 1.54) is 16.9 Å². The van der Waals surface area contributed by atoms with Crippen LogP contribution < -0.4 is 5.32 Å². The van der Waals surface area contributed by atoms with Crippen LogP contribution in [0.5, 0.6) is 0 Å². The van der Waals surface area contributed by atoms with Gasteiger partial charge in [0.15, 0.2) is 0 Å². The van der Waals surface area contributed by atoms with Crippen molar-refractivity contribution < 1.29 is 14.4 Å². The summed E-state index contributed by atoms with van der Waals surface area (Å²) in [4.78, 5) is 45.8. The second-order valence-corrected chi connectivity index (χ2v) is 8.58. The number of urea groups is 1. The van der Waals surface area contributed by atoms with Gasteiger partial charge in [-0.1, -0.05) is 0 Å². The quantitative estimate of drug-likeness (QED) is 0.813. The Hall–Kier alpha value is -2.26. The average molecular weight is 390 g/mol. The number of carbonyl (C=O) groups is 3. The van der Waals surface area contributed by atoms with E-state index in [4.69, 9.17) is 0 Å². The molecule has 1 unspecified atom stereocenters. The Morgan fingerprint density at radius 1 is 1.42 bits per heavy atom. The molecule has 0 saturated carbocycles. The fraction of sp³-hybridized carbons (Fsp3) is 0.412. The van der Waals surface area contributed by atoms with E-state index in [1.807, 2.05) is 10.8 Å². The number of aromatic nitrogens is 1. The molecule has 136 valence electrons. The molecule has 0 spiro atoms. The number of nitrogens with one attached hydrogen (secondary N) is 1. The summed E-state index contributed by atoms with van der Waals surface area (Å²) >= 11 is 3.09. The highest BCUT2D eigenvalue weighted by Crippen LogP contribution is 2.38. The van der Waals surface area contributed by atoms with Crippen LogP contribution in [0.1, 0.15) is 36.0 Å². The third-order valence-electron chi connectivity index (χ3n) is 4.75. The van der Waals surface area contributed by atoms with Crippen LogP contribution >= 0.6 is 22.7 Å². The van der Waals surface area contributed by atoms with Gasteiger partial charge in [-0.15, -0.1) is 22.7 Å². The van der Waals surface area contributed by atoms with Crippen LogP contribution in [0.2, 0.25) is 0 Å². The van der Waals surface area contributed by atoms with Gasteiger partial charge in [0.25, 0.3) is 5.91 Å². The van der Waals surface area contributed by atoms with Crippen molar-refractivity contribution >= 4 is 40.5 Å². The van der Waals surface area contributed by atoms with Crippen LogP contribution in [-0.2, 0) is 16.0 Å². The Labute approximate surface area is 158 Å². The summed E-state index contributed by atoms with van der Waals surface area (Å²) in [5.41, 5.74) is 2.83. The normalized spacial score (nSPS) is 21.7. The first-order valence-electron chi connectivity index (χ1n) is 8.26. The molecular weight excluding hydrogens is 372 g/mol. The van der Waals surface area contributed by atoms with E-state index in [0.717, 1.165) is 21.9 Å². The van der Waals surface area contributed by atoms with Gasteiger partial charge in [0, 0.05) is 16.8 Å². The predicted octanol–water partition coefficient (Wildman–Crippen LogP) is 2.01. The SMILES string of the molecule is CC1(C)NC(=O)N(CC(=O)N2CCc3ccsc3C2c2cscn2)C1=O. The fourth-order valence-electron chi connectivity index (χ4n) is 3.41. The number of hydrogen-bond donors (Lipinski definition) is 1. The highest BCUT2D eigenvalue weighted by molar-refractivity contribution is 7.10. The Balaban J connectivity index is 1.61. The molecule has 2 aromatic heterocycles. The lowest BCUT2D eigenvalue weighted by Gasteiger charge is -2.35. The molecule has 4 heterocycles. The largest absolute Gasteiger partial charge is 0.327 e. The van der Waals surface area contributed by atoms with Crippen LogP contribution in [0, 0.1) is 0 Å². The molecule has 2 aliphatic rings. The first-order valence-corrected chi connectivity index (χ1v) is 10.1. The first-order chi connectivity index (χ1) is 12.4. The van der Waals surface area contributed by atoms with Crippen molar-refractivity contribution in [2.75, 3.05) is 13.1 Å². The molecule has 4 amide bonds. The average Bonchev–Trinajstić information content (AvgIpc) is 3.31. The molecule has 7 nitrogen and oxygen atoms in total. The van der Waals surface area contributed by atoms with E-state index in [1.54, 1.807) is 35.6 Å². The second-order valence-electron chi connectivity index (χ2n) is 6.91. The third-order valence-corrected chi connectivity index (χ3v) is 6.37. The van der Waals surface area contributed by atoms with Crippen molar-refractivity contribution in [2.24, 2.45) is 0 Å². The van der Waals surface area contributed by atoms with E-state index in [2.05, 4.69) is 16.4 Å². The molecule has 1 N–H and O–H groups in total. The highest BCUT2D eigenvalue weighted by Gasteiger charge is 2.46. The molecule has 1 atom stereocenters. The lowest BCUT2D eigenvalue weighted by Crippen LogP contribution is -2.47. The van der Waals surface area contributed by atoms with Crippen molar-refractivity contribution in [3.8, 4) is 0 Å². The van der Waals surface area contributed by atoms with Crippen LogP contribution in [0.15, 0.2) is 22.3 Å². The van der Waals surface area contributed by atoms with E-state index in [0.29, 0.717) is 6.54 Å². The standard InChI is InChI=1S/C17H18N4O3S2/c1-17(2)15(23)21(16(24)19-17)7-12(22)20-5-3-10-4-6-26-14(10)13(20)11-8-25-9-18-11/h4,6,8-9,13H,3,5,7H2,1-2H3,(H,19,24). The maximum absolute atomic E-state index is 13.0. The Kier molecular flexibility index (Phi) is 4.07. The molecule has 4 rings (SSSR count). The van der Waals surface area contributed by atoms with Gasteiger partial charge in [0.05, 0.1) is 11.2 Å². The summed E-state index contributed by atoms with van der Waals surface area (Å²) < 4.78 is 0. The number of thiophene rings is 1. The van der Waals surface area contributed by atoms with E-state index >= 15 is 0 Å². The lowest BCUT2D eigenvalue weighted by atomic mass is 9.99. The highest BCUT2D eigenvalue weighted by atomic mass is 32.1. The van der Waals surface area contributed by atoms with Crippen molar-refractivity contribution in [2.45, 2.75) is 31.8 Å². The summed E-state index contributed by atoms with van der Waals surface area (Å²) in [6, 6.07) is 1.31. The van der Waals surface area contributed by atoms with Gasteiger partial charge < -0.3 is 10.2 Å². The zero-order valence-corrected chi connectivity index (χ0v) is 16.0. The van der Waals surface area contributed by atoms with Gasteiger partial charge in [-0.2, -0.15) is 0 Å². The number of imide groups is 1. The van der Waals surface area contributed by atoms with Crippen molar-refractivity contribution in [1.82, 2.24) is 20.1 Å². The zero-order valence-electron chi connectivity index (χ0n) is 14.4. The number of carbonyl (C=O) groups excluding carboxylic acids is 3. The maximum atomic E-state index is 13.0. The number of rotatable bonds is 3. The number of fused-ring (bicyclic) bond motifs is 1. The topological polar surface area (TPSA) is 82.6 Å². The molecular formula is C17H18N4O3S2. The maximum Gasteiger partial charge on any atom is 0.325 e. The van der Waals surface area contributed by atoms with Gasteiger partial charge in [-0.05, 0) is 37.3 Å². The molecule has 2 aliphatic heterocycles. The third kappa shape index (κ3) is 2.71. The van der Waals surface area contributed by atoms with Gasteiger partial charge in [-0.25, -0.2) is 9.78 Å². The summed E-state index contributed by atoms with van der Waals surface area (Å²) in [5.74, 6) is -0.627. The summed E-state index contributed by atoms with van der Waals surface area (Å²) in [6.45, 7) is 3.55. The Bertz CT molecular complexity index is 874. The molecule has 0 aliphatic carbocycles. The van der Waals surface area contributed by atoms with Crippen molar-refractivity contribution in [3.05, 3.63) is 38.5 Å². The number of hydrogen-bond acceptors (Lipinski definition) is 6. The van der Waals surface area contributed by atoms with Gasteiger partial charge in [-0.3, -0.25) is 14.5 Å². The van der Waals surface area contributed by atoms with E-state index in [-0.39, 0.29) is 24.4 Å². The van der Waals surface area contributed by atoms with E-state index < -0.39 is 11.6 Å². The summed E-state index contributed by atoms with van der Waals surface area (Å²) in [7, 11) is 0. The first kappa shape index (κ1) is 17.2. The van der Waals surface area contributed by atoms with Crippen molar-refractivity contribution in [3.63, 3.8) is 0 Å². The van der Waals surface area contributed by atoms with Crippen LogP contribution in [0.4, 0.5) is 4.79 Å². The Morgan fingerprint density at radius 3 is 2.88 bits per heavy atom. The smallest absolute Gasteiger partial charge is 0.325 e. The van der Waals surface area contributed by atoms with Crippen LogP contribution in [0.25, 0.3) is 0 Å². The van der Waals surface area contributed by atoms with E-state index in [9.17, 15) is 14.4 Å². The van der Waals surface area contributed by atoms with Gasteiger partial charge >= 0.3 is 6.03 Å². The Morgan fingerprint density at radius 2 is 2.23 bits per heavy atom. The molecule has 1 fully saturated rings. The monoisotopic (exact) mass is 390 g/mol. The molecule has 0 radical (unpaired) electrons. The van der Waals surface area contributed by atoms with Crippen LogP contribution in [-0.4, -0.2) is 51.3 Å². The summed E-state index contributed by atoms with van der Waals surface area (Å²) in [5, 5.41) is 6.58. The number of nitrogens with zero attached hydrogens (tertiary/aromatic N) is 3. The van der Waals surface area contributed by atoms with Gasteiger partial charge in [0.2, 0.25) is 5.91 Å². The molecule has 26 heavy (non-hydrogen) atoms. The predicted molar refractivity (Wildman–Crippen MR) is 98.0 cm³/mol. The van der Waals surface area contributed by atoms with Gasteiger partial charge in [0.1, 0.15) is 18.1 Å². The molecule has 2 aromatic rings. The minimum atomic E-state index is -0.978. The fourth-order valence-corrected chi connectivity index (χ4v) is 5.06. The molecule has 9 heteroatoms. The van der Waals surface area contributed by atoms with Crippen LogP contribution in [0.3, 0.4) is 0 Å².